The first kappa shape index (κ1) is 12.1. The zero-order chi connectivity index (χ0) is 11.5. The molecule has 0 unspecified atom stereocenters. The lowest BCUT2D eigenvalue weighted by Crippen LogP contribution is -1.93. The quantitative estimate of drug-likeness (QED) is 0.613. The summed E-state index contributed by atoms with van der Waals surface area (Å²) in [6.45, 7) is 4.24. The van der Waals surface area contributed by atoms with Crippen LogP contribution in [0.2, 0.25) is 5.15 Å². The van der Waals surface area contributed by atoms with E-state index in [0.29, 0.717) is 5.15 Å². The second kappa shape index (κ2) is 5.34. The van der Waals surface area contributed by atoms with E-state index in [4.69, 9.17) is 11.6 Å². The van der Waals surface area contributed by atoms with Crippen LogP contribution in [0.15, 0.2) is 6.07 Å². The summed E-state index contributed by atoms with van der Waals surface area (Å²) in [5.41, 5.74) is 0. The average molecular weight is 273 g/mol. The summed E-state index contributed by atoms with van der Waals surface area (Å²) in [5.74, 6) is 2.83. The van der Waals surface area contributed by atoms with Crippen molar-refractivity contribution in [3.8, 4) is 0 Å². The van der Waals surface area contributed by atoms with Crippen molar-refractivity contribution in [1.29, 1.82) is 0 Å². The lowest BCUT2D eigenvalue weighted by atomic mass is 10.4. The first-order valence-corrected chi connectivity index (χ1v) is 7.56. The third kappa shape index (κ3) is 2.67. The maximum absolute atomic E-state index is 6.13. The Hall–Kier alpha value is -0.320. The van der Waals surface area contributed by atoms with Crippen LogP contribution in [0.5, 0.6) is 0 Å². The number of hydrogen-bond donors (Lipinski definition) is 0. The minimum absolute atomic E-state index is 0.585. The maximum Gasteiger partial charge on any atom is 0.141 e. The molecule has 0 spiro atoms. The van der Waals surface area contributed by atoms with Crippen molar-refractivity contribution in [2.75, 3.05) is 5.75 Å². The van der Waals surface area contributed by atoms with E-state index in [-0.39, 0.29) is 0 Å². The largest absolute Gasteiger partial charge is 0.221 e. The van der Waals surface area contributed by atoms with Crippen LogP contribution in [-0.4, -0.2) is 15.7 Å². The topological polar surface area (TPSA) is 25.8 Å². The van der Waals surface area contributed by atoms with E-state index in [2.05, 4.69) is 23.8 Å². The van der Waals surface area contributed by atoms with Crippen LogP contribution in [0, 0.1) is 6.92 Å². The van der Waals surface area contributed by atoms with Crippen LogP contribution in [0.4, 0.5) is 0 Å². The Kier molecular flexibility index (Phi) is 4.05. The van der Waals surface area contributed by atoms with Crippen molar-refractivity contribution in [3.05, 3.63) is 21.9 Å². The molecule has 0 N–H and O–H groups in total. The van der Waals surface area contributed by atoms with E-state index in [1.54, 1.807) is 11.3 Å². The summed E-state index contributed by atoms with van der Waals surface area (Å²) >= 11 is 9.66. The van der Waals surface area contributed by atoms with Crippen molar-refractivity contribution >= 4 is 44.9 Å². The number of aryl methyl sites for hydroxylation is 1. The highest BCUT2D eigenvalue weighted by molar-refractivity contribution is 7.98. The third-order valence-corrected chi connectivity index (χ3v) is 4.49. The van der Waals surface area contributed by atoms with Gasteiger partial charge in [0.1, 0.15) is 15.8 Å². The van der Waals surface area contributed by atoms with E-state index in [9.17, 15) is 0 Å². The Labute approximate surface area is 108 Å². The molecule has 86 valence electrons. The van der Waals surface area contributed by atoms with Gasteiger partial charge in [-0.25, -0.2) is 9.97 Å². The second-order valence-corrected chi connectivity index (χ2v) is 6.26. The molecule has 2 rings (SSSR count). The average Bonchev–Trinajstić information content (AvgIpc) is 2.60. The third-order valence-electron chi connectivity index (χ3n) is 2.10. The first-order valence-electron chi connectivity index (χ1n) is 5.21. The molecule has 0 fully saturated rings. The Morgan fingerprint density at radius 1 is 1.44 bits per heavy atom. The lowest BCUT2D eigenvalue weighted by molar-refractivity contribution is 1.06. The van der Waals surface area contributed by atoms with Gasteiger partial charge in [0.25, 0.3) is 0 Å². The number of thioether (sulfide) groups is 1. The Morgan fingerprint density at radius 2 is 2.25 bits per heavy atom. The SMILES string of the molecule is CCCSCc1nc(Cl)c2cc(C)sc2n1. The van der Waals surface area contributed by atoms with Gasteiger partial charge in [-0.1, -0.05) is 18.5 Å². The molecule has 0 aromatic carbocycles. The van der Waals surface area contributed by atoms with E-state index < -0.39 is 0 Å². The van der Waals surface area contributed by atoms with Crippen LogP contribution in [0.3, 0.4) is 0 Å². The van der Waals surface area contributed by atoms with Gasteiger partial charge in [0.05, 0.1) is 5.75 Å². The monoisotopic (exact) mass is 272 g/mol. The normalized spacial score (nSPS) is 11.2. The number of nitrogens with zero attached hydrogens (tertiary/aromatic N) is 2. The van der Waals surface area contributed by atoms with Crippen LogP contribution in [0.1, 0.15) is 24.0 Å². The number of rotatable bonds is 4. The molecule has 0 bridgehead atoms. The minimum Gasteiger partial charge on any atom is -0.221 e. The Morgan fingerprint density at radius 3 is 3.00 bits per heavy atom. The first-order chi connectivity index (χ1) is 7.70. The van der Waals surface area contributed by atoms with Crippen molar-refractivity contribution in [1.82, 2.24) is 9.97 Å². The summed E-state index contributed by atoms with van der Waals surface area (Å²) in [6.07, 6.45) is 1.18. The maximum atomic E-state index is 6.13. The molecule has 2 nitrogen and oxygen atoms in total. The van der Waals surface area contributed by atoms with Gasteiger partial charge in [0, 0.05) is 10.3 Å². The van der Waals surface area contributed by atoms with Crippen LogP contribution in [-0.2, 0) is 5.75 Å². The summed E-state index contributed by atoms with van der Waals surface area (Å²) in [4.78, 5) is 11.1. The summed E-state index contributed by atoms with van der Waals surface area (Å²) in [7, 11) is 0. The minimum atomic E-state index is 0.585. The molecule has 0 aliphatic carbocycles. The molecular formula is C11H13ClN2S2. The predicted octanol–water partition coefficient (Wildman–Crippen LogP) is 4.30. The van der Waals surface area contributed by atoms with Gasteiger partial charge in [0.15, 0.2) is 0 Å². The number of aromatic nitrogens is 2. The van der Waals surface area contributed by atoms with Crippen molar-refractivity contribution < 1.29 is 0 Å². The molecule has 5 heteroatoms. The zero-order valence-electron chi connectivity index (χ0n) is 9.29. The van der Waals surface area contributed by atoms with Gasteiger partial charge in [-0.2, -0.15) is 11.8 Å². The predicted molar refractivity (Wildman–Crippen MR) is 73.6 cm³/mol. The molecule has 0 aliphatic heterocycles. The molecular weight excluding hydrogens is 260 g/mol. The summed E-state index contributed by atoms with van der Waals surface area (Å²) < 4.78 is 0. The fourth-order valence-electron chi connectivity index (χ4n) is 1.42. The fourth-order valence-corrected chi connectivity index (χ4v) is 3.36. The number of fused-ring (bicyclic) bond motifs is 1. The molecule has 2 aromatic heterocycles. The summed E-state index contributed by atoms with van der Waals surface area (Å²) in [6, 6.07) is 2.05. The number of hydrogen-bond acceptors (Lipinski definition) is 4. The zero-order valence-corrected chi connectivity index (χ0v) is 11.7. The smallest absolute Gasteiger partial charge is 0.141 e. The Balaban J connectivity index is 2.27. The van der Waals surface area contributed by atoms with Crippen molar-refractivity contribution in [3.63, 3.8) is 0 Å². The van der Waals surface area contributed by atoms with E-state index in [1.807, 2.05) is 17.8 Å². The number of thiophene rings is 1. The highest BCUT2D eigenvalue weighted by atomic mass is 35.5. The molecule has 0 atom stereocenters. The van der Waals surface area contributed by atoms with Gasteiger partial charge in [-0.05, 0) is 25.2 Å². The fraction of sp³-hybridized carbons (Fsp3) is 0.455. The van der Waals surface area contributed by atoms with Crippen molar-refractivity contribution in [2.24, 2.45) is 0 Å². The molecule has 0 saturated heterocycles. The van der Waals surface area contributed by atoms with Crippen LogP contribution >= 0.6 is 34.7 Å². The molecule has 16 heavy (non-hydrogen) atoms. The van der Waals surface area contributed by atoms with E-state index in [1.165, 1.54) is 11.3 Å². The van der Waals surface area contributed by atoms with Gasteiger partial charge in [0.2, 0.25) is 0 Å². The molecule has 2 aromatic rings. The van der Waals surface area contributed by atoms with Crippen molar-refractivity contribution in [2.45, 2.75) is 26.0 Å². The summed E-state index contributed by atoms with van der Waals surface area (Å²) in [5, 5.41) is 1.56. The van der Waals surface area contributed by atoms with Gasteiger partial charge in [-0.3, -0.25) is 0 Å². The van der Waals surface area contributed by atoms with Crippen LogP contribution < -0.4 is 0 Å². The highest BCUT2D eigenvalue weighted by Gasteiger charge is 2.08. The lowest BCUT2D eigenvalue weighted by Gasteiger charge is -2.00. The molecule has 2 heterocycles. The van der Waals surface area contributed by atoms with E-state index in [0.717, 1.165) is 27.5 Å². The Bertz CT molecular complexity index is 496. The highest BCUT2D eigenvalue weighted by Crippen LogP contribution is 2.28. The van der Waals surface area contributed by atoms with Gasteiger partial charge < -0.3 is 0 Å². The standard InChI is InChI=1S/C11H13ClN2S2/c1-3-4-15-6-9-13-10(12)8-5-7(2)16-11(8)14-9/h5H,3-4,6H2,1-2H3. The molecule has 0 saturated carbocycles. The van der Waals surface area contributed by atoms with E-state index >= 15 is 0 Å². The molecule has 0 radical (unpaired) electrons. The molecule has 0 amide bonds. The molecule has 0 aliphatic rings. The van der Waals surface area contributed by atoms with Gasteiger partial charge in [-0.15, -0.1) is 11.3 Å². The van der Waals surface area contributed by atoms with Gasteiger partial charge >= 0.3 is 0 Å². The second-order valence-electron chi connectivity index (χ2n) is 3.56. The van der Waals surface area contributed by atoms with Crippen LogP contribution in [0.25, 0.3) is 10.2 Å². The number of halogens is 1.